The van der Waals surface area contributed by atoms with E-state index in [9.17, 15) is 39.6 Å². The molecule has 0 fully saturated rings. The molecule has 0 heterocycles. The fourth-order valence-corrected chi connectivity index (χ4v) is 6.25. The third-order valence-electron chi connectivity index (χ3n) is 6.57. The number of fused-ring (bicyclic) bond motifs is 1. The molecule has 0 amide bonds. The van der Waals surface area contributed by atoms with Gasteiger partial charge in [-0.15, -0.1) is 0 Å². The highest BCUT2D eigenvalue weighted by molar-refractivity contribution is 7.89. The van der Waals surface area contributed by atoms with Crippen molar-refractivity contribution in [2.45, 2.75) is 55.9 Å². The van der Waals surface area contributed by atoms with Gasteiger partial charge in [0, 0.05) is 12.5 Å². The summed E-state index contributed by atoms with van der Waals surface area (Å²) in [6.07, 6.45) is -8.92. The highest BCUT2D eigenvalue weighted by Crippen LogP contribution is 2.41. The lowest BCUT2D eigenvalue weighted by Gasteiger charge is -2.19. The summed E-state index contributed by atoms with van der Waals surface area (Å²) in [5, 5.41) is 0. The van der Waals surface area contributed by atoms with Crippen molar-refractivity contribution in [1.29, 1.82) is 0 Å². The zero-order valence-electron chi connectivity index (χ0n) is 21.2. The summed E-state index contributed by atoms with van der Waals surface area (Å²) >= 11 is 0. The summed E-state index contributed by atoms with van der Waals surface area (Å²) in [5.74, 6) is -0.345. The van der Waals surface area contributed by atoms with E-state index in [1.165, 1.54) is 6.07 Å². The zero-order valence-corrected chi connectivity index (χ0v) is 22.0. The molecule has 0 aromatic heterocycles. The van der Waals surface area contributed by atoms with E-state index >= 15 is 0 Å². The first-order valence-corrected chi connectivity index (χ1v) is 13.8. The second-order valence-corrected chi connectivity index (χ2v) is 11.1. The van der Waals surface area contributed by atoms with E-state index in [1.807, 2.05) is 6.07 Å². The predicted octanol–water partition coefficient (Wildman–Crippen LogP) is 6.33. The Morgan fingerprint density at radius 2 is 1.57 bits per heavy atom. The van der Waals surface area contributed by atoms with Crippen LogP contribution in [0, 0.1) is 0 Å². The molecular formula is C28H25F6NO4S. The molecule has 1 N–H and O–H groups in total. The Balaban J connectivity index is 1.58. The zero-order chi connectivity index (χ0) is 29.3. The largest absolute Gasteiger partial charge is 0.466 e. The molecule has 0 radical (unpaired) electrons. The summed E-state index contributed by atoms with van der Waals surface area (Å²) in [7, 11) is -4.70. The maximum Gasteiger partial charge on any atom is 0.417 e. The molecule has 0 aliphatic heterocycles. The van der Waals surface area contributed by atoms with Gasteiger partial charge in [0.05, 0.1) is 22.6 Å². The van der Waals surface area contributed by atoms with Gasteiger partial charge in [-0.05, 0) is 72.2 Å². The van der Waals surface area contributed by atoms with Crippen LogP contribution in [0.15, 0.2) is 65.6 Å². The number of hydrogen-bond donors (Lipinski definition) is 1. The number of aryl methyl sites for hydroxylation is 1. The Morgan fingerprint density at radius 3 is 2.25 bits per heavy atom. The molecule has 1 aliphatic rings. The molecule has 3 aromatic rings. The van der Waals surface area contributed by atoms with Gasteiger partial charge in [-0.1, -0.05) is 42.5 Å². The van der Waals surface area contributed by atoms with Crippen molar-refractivity contribution in [3.05, 3.63) is 88.5 Å². The molecule has 1 aliphatic carbocycles. The molecule has 5 nitrogen and oxygen atoms in total. The third-order valence-corrected chi connectivity index (χ3v) is 8.14. The number of alkyl halides is 6. The molecule has 40 heavy (non-hydrogen) atoms. The van der Waals surface area contributed by atoms with Crippen LogP contribution >= 0.6 is 0 Å². The molecule has 214 valence electrons. The molecule has 3 aromatic carbocycles. The summed E-state index contributed by atoms with van der Waals surface area (Å²) in [6.45, 7) is 1.97. The first kappa shape index (κ1) is 29.6. The molecule has 0 saturated heterocycles. The average molecular weight is 586 g/mol. The van der Waals surface area contributed by atoms with Gasteiger partial charge in [-0.2, -0.15) is 26.3 Å². The predicted molar refractivity (Wildman–Crippen MR) is 135 cm³/mol. The Morgan fingerprint density at radius 1 is 0.900 bits per heavy atom. The monoisotopic (exact) mass is 585 g/mol. The van der Waals surface area contributed by atoms with Crippen molar-refractivity contribution in [3.8, 4) is 11.1 Å². The Bertz CT molecular complexity index is 1520. The van der Waals surface area contributed by atoms with E-state index in [2.05, 4.69) is 4.72 Å². The lowest BCUT2D eigenvalue weighted by Crippen LogP contribution is -2.36. The van der Waals surface area contributed by atoms with Crippen LogP contribution < -0.4 is 4.72 Å². The number of nitrogens with one attached hydrogen (secondary N) is 1. The van der Waals surface area contributed by atoms with Gasteiger partial charge in [0.25, 0.3) is 0 Å². The van der Waals surface area contributed by atoms with Gasteiger partial charge in [-0.25, -0.2) is 13.1 Å². The van der Waals surface area contributed by atoms with Crippen LogP contribution in [0.25, 0.3) is 11.1 Å². The highest BCUT2D eigenvalue weighted by Gasteiger charge is 2.40. The van der Waals surface area contributed by atoms with Crippen LogP contribution in [0.1, 0.15) is 41.2 Å². The summed E-state index contributed by atoms with van der Waals surface area (Å²) in [4.78, 5) is 10.6. The van der Waals surface area contributed by atoms with E-state index in [-0.39, 0.29) is 31.8 Å². The van der Waals surface area contributed by atoms with Crippen molar-refractivity contribution in [2.24, 2.45) is 0 Å². The number of ether oxygens (including phenoxy) is 1. The molecule has 12 heteroatoms. The Labute approximate surface area is 227 Å². The number of sulfonamides is 1. The van der Waals surface area contributed by atoms with Crippen molar-refractivity contribution in [3.63, 3.8) is 0 Å². The molecule has 1 atom stereocenters. The van der Waals surface area contributed by atoms with Crippen molar-refractivity contribution >= 4 is 16.0 Å². The first-order valence-electron chi connectivity index (χ1n) is 12.4. The standard InChI is InChI=1S/C28H25F6NO4S/c1-2-39-26(36)12-8-17-7-9-18-14-21(15-20(18)13-17)35-40(37,38)25-11-10-19(16-24(25)28(32,33)34)22-5-3-4-6-23(22)27(29,30)31/h3-7,9-11,13,16,21,35H,2,8,12,14-15H2,1H3. The SMILES string of the molecule is CCOC(=O)CCc1ccc2c(c1)CC(NS(=O)(=O)c1ccc(-c3ccccc3C(F)(F)F)cc1C(F)(F)F)C2. The molecule has 1 unspecified atom stereocenters. The fourth-order valence-electron chi connectivity index (χ4n) is 4.81. The van der Waals surface area contributed by atoms with Crippen molar-refractivity contribution in [2.75, 3.05) is 6.61 Å². The number of halogens is 6. The number of rotatable bonds is 8. The number of hydrogen-bond acceptors (Lipinski definition) is 4. The lowest BCUT2D eigenvalue weighted by molar-refractivity contribution is -0.143. The molecule has 0 spiro atoms. The smallest absolute Gasteiger partial charge is 0.417 e. The van der Waals surface area contributed by atoms with Gasteiger partial charge in [0.1, 0.15) is 0 Å². The van der Waals surface area contributed by atoms with Crippen molar-refractivity contribution < 1.29 is 44.3 Å². The maximum atomic E-state index is 14.0. The fraction of sp³-hybridized carbons (Fsp3) is 0.321. The van der Waals surface area contributed by atoms with Crippen LogP contribution in [0.3, 0.4) is 0 Å². The van der Waals surface area contributed by atoms with Gasteiger partial charge in [0.2, 0.25) is 10.0 Å². The minimum absolute atomic E-state index is 0.173. The van der Waals surface area contributed by atoms with Crippen LogP contribution in [-0.4, -0.2) is 27.0 Å². The van der Waals surface area contributed by atoms with Crippen LogP contribution in [-0.2, 0) is 51.2 Å². The second kappa shape index (κ2) is 11.2. The quantitative estimate of drug-likeness (QED) is 0.248. The average Bonchev–Trinajstić information content (AvgIpc) is 3.27. The van der Waals surface area contributed by atoms with E-state index in [0.29, 0.717) is 18.6 Å². The van der Waals surface area contributed by atoms with Gasteiger partial charge >= 0.3 is 18.3 Å². The molecule has 0 saturated carbocycles. The molecule has 4 rings (SSSR count). The van der Waals surface area contributed by atoms with E-state index < -0.39 is 55.6 Å². The van der Waals surface area contributed by atoms with Crippen LogP contribution in [0.5, 0.6) is 0 Å². The maximum absolute atomic E-state index is 14.0. The van der Waals surface area contributed by atoms with Crippen LogP contribution in [0.4, 0.5) is 26.3 Å². The Kier molecular flexibility index (Phi) is 8.32. The number of esters is 1. The molecular weight excluding hydrogens is 560 g/mol. The summed E-state index contributed by atoms with van der Waals surface area (Å²) < 4.78 is 116. The first-order chi connectivity index (χ1) is 18.7. The van der Waals surface area contributed by atoms with Crippen LogP contribution in [0.2, 0.25) is 0 Å². The highest BCUT2D eigenvalue weighted by atomic mass is 32.2. The topological polar surface area (TPSA) is 72.5 Å². The minimum atomic E-state index is -5.15. The summed E-state index contributed by atoms with van der Waals surface area (Å²) in [6, 6.07) is 10.9. The Hall–Kier alpha value is -3.38. The normalized spacial score (nSPS) is 15.6. The minimum Gasteiger partial charge on any atom is -0.466 e. The number of carbonyl (C=O) groups excluding carboxylic acids is 1. The van der Waals surface area contributed by atoms with Gasteiger partial charge in [0.15, 0.2) is 0 Å². The van der Waals surface area contributed by atoms with Gasteiger partial charge in [-0.3, -0.25) is 4.79 Å². The second-order valence-electron chi connectivity index (χ2n) is 9.39. The lowest BCUT2D eigenvalue weighted by atomic mass is 9.97. The van der Waals surface area contributed by atoms with E-state index in [1.54, 1.807) is 19.1 Å². The summed E-state index contributed by atoms with van der Waals surface area (Å²) in [5.41, 5.74) is -1.14. The van der Waals surface area contributed by atoms with E-state index in [4.69, 9.17) is 4.74 Å². The van der Waals surface area contributed by atoms with Crippen molar-refractivity contribution in [1.82, 2.24) is 4.72 Å². The molecule has 0 bridgehead atoms. The number of benzene rings is 3. The number of carbonyl (C=O) groups is 1. The third kappa shape index (κ3) is 6.67. The van der Waals surface area contributed by atoms with E-state index in [0.717, 1.165) is 41.0 Å². The van der Waals surface area contributed by atoms with Gasteiger partial charge < -0.3 is 4.74 Å².